The van der Waals surface area contributed by atoms with Crippen molar-refractivity contribution in [3.63, 3.8) is 0 Å². The normalized spacial score (nSPS) is 22.0. The van der Waals surface area contributed by atoms with Gasteiger partial charge in [-0.05, 0) is 49.1 Å². The molecule has 0 radical (unpaired) electrons. The highest BCUT2D eigenvalue weighted by atomic mass is 19.3. The summed E-state index contributed by atoms with van der Waals surface area (Å²) in [7, 11) is 0. The number of halogens is 2. The highest BCUT2D eigenvalue weighted by molar-refractivity contribution is 5.54. The molecule has 30 heavy (non-hydrogen) atoms. The van der Waals surface area contributed by atoms with Crippen molar-refractivity contribution in [2.24, 2.45) is 0 Å². The Morgan fingerprint density at radius 1 is 1.10 bits per heavy atom. The quantitative estimate of drug-likeness (QED) is 0.571. The Balaban J connectivity index is 1.24. The summed E-state index contributed by atoms with van der Waals surface area (Å²) in [5, 5.41) is 7.97. The molecule has 0 aliphatic heterocycles. The molecule has 1 unspecified atom stereocenters. The number of aromatic nitrogens is 2. The van der Waals surface area contributed by atoms with Crippen molar-refractivity contribution in [3.05, 3.63) is 66.0 Å². The third-order valence-corrected chi connectivity index (χ3v) is 6.26. The predicted octanol–water partition coefficient (Wildman–Crippen LogP) is 4.91. The molecule has 2 aliphatic rings. The first-order chi connectivity index (χ1) is 14.6. The number of rotatable bonds is 8. The van der Waals surface area contributed by atoms with Gasteiger partial charge in [-0.1, -0.05) is 41.9 Å². The van der Waals surface area contributed by atoms with Crippen molar-refractivity contribution in [1.82, 2.24) is 15.5 Å². The van der Waals surface area contributed by atoms with Gasteiger partial charge in [0, 0.05) is 29.5 Å². The van der Waals surface area contributed by atoms with Crippen LogP contribution in [0.25, 0.3) is 11.5 Å². The fourth-order valence-electron chi connectivity index (χ4n) is 4.23. The number of nitrogens with zero attached hydrogens (tertiary/aromatic N) is 2. The Bertz CT molecular complexity index is 987. The van der Waals surface area contributed by atoms with Crippen LogP contribution in [-0.2, 0) is 5.41 Å². The average molecular weight is 411 g/mol. The van der Waals surface area contributed by atoms with Crippen LogP contribution in [-0.4, -0.2) is 29.3 Å². The monoisotopic (exact) mass is 411 g/mol. The first-order valence-corrected chi connectivity index (χ1v) is 10.3. The molecule has 3 aromatic rings. The SMILES string of the molecule is FC(F)Oc1ccc(-c2nc(C3(CN[C@H]4CC4c4ccccc4)CCC3)no2)cc1. The van der Waals surface area contributed by atoms with Crippen molar-refractivity contribution in [2.75, 3.05) is 6.54 Å². The highest BCUT2D eigenvalue weighted by Crippen LogP contribution is 2.45. The largest absolute Gasteiger partial charge is 0.435 e. The average Bonchev–Trinajstić information content (AvgIpc) is 3.34. The lowest BCUT2D eigenvalue weighted by molar-refractivity contribution is -0.0498. The van der Waals surface area contributed by atoms with Crippen LogP contribution in [0.4, 0.5) is 8.78 Å². The standard InChI is InChI=1S/C23H23F2N3O2/c24-22(25)29-17-9-7-16(8-10-17)20-27-21(28-30-20)23(11-4-12-23)14-26-19-13-18(19)15-5-2-1-3-6-15/h1-3,5-10,18-19,22,26H,4,11-14H2/t18?,19-/m0/s1. The van der Waals surface area contributed by atoms with Gasteiger partial charge < -0.3 is 14.6 Å². The second kappa shape index (κ2) is 7.80. The van der Waals surface area contributed by atoms with Crippen LogP contribution in [0.15, 0.2) is 59.1 Å². The van der Waals surface area contributed by atoms with Crippen molar-refractivity contribution in [1.29, 1.82) is 0 Å². The molecule has 2 atom stereocenters. The zero-order valence-electron chi connectivity index (χ0n) is 16.4. The van der Waals surface area contributed by atoms with Crippen molar-refractivity contribution in [2.45, 2.75) is 49.7 Å². The fourth-order valence-corrected chi connectivity index (χ4v) is 4.23. The van der Waals surface area contributed by atoms with Gasteiger partial charge in [0.05, 0.1) is 0 Å². The van der Waals surface area contributed by atoms with Gasteiger partial charge in [0.15, 0.2) is 5.82 Å². The summed E-state index contributed by atoms with van der Waals surface area (Å²) in [5.74, 6) is 1.80. The minimum Gasteiger partial charge on any atom is -0.435 e. The summed E-state index contributed by atoms with van der Waals surface area (Å²) in [6.07, 6.45) is 4.37. The summed E-state index contributed by atoms with van der Waals surface area (Å²) >= 11 is 0. The van der Waals surface area contributed by atoms with E-state index in [2.05, 4.69) is 44.5 Å². The Morgan fingerprint density at radius 2 is 1.87 bits per heavy atom. The van der Waals surface area contributed by atoms with Crippen LogP contribution in [0, 0.1) is 0 Å². The van der Waals surface area contributed by atoms with Crippen molar-refractivity contribution < 1.29 is 18.0 Å². The van der Waals surface area contributed by atoms with Gasteiger partial charge in [0.25, 0.3) is 5.89 Å². The summed E-state index contributed by atoms with van der Waals surface area (Å²) in [4.78, 5) is 4.63. The molecule has 1 N–H and O–H groups in total. The van der Waals surface area contributed by atoms with Gasteiger partial charge in [-0.15, -0.1) is 0 Å². The zero-order chi connectivity index (χ0) is 20.6. The van der Waals surface area contributed by atoms with Crippen LogP contribution in [0.5, 0.6) is 5.75 Å². The van der Waals surface area contributed by atoms with Gasteiger partial charge in [0.1, 0.15) is 5.75 Å². The van der Waals surface area contributed by atoms with E-state index in [-0.39, 0.29) is 11.2 Å². The smallest absolute Gasteiger partial charge is 0.387 e. The third kappa shape index (κ3) is 3.81. The number of ether oxygens (including phenoxy) is 1. The Kier molecular flexibility index (Phi) is 4.98. The van der Waals surface area contributed by atoms with Crippen LogP contribution in [0.3, 0.4) is 0 Å². The lowest BCUT2D eigenvalue weighted by atomic mass is 9.68. The summed E-state index contributed by atoms with van der Waals surface area (Å²) < 4.78 is 34.5. The van der Waals surface area contributed by atoms with E-state index in [0.717, 1.165) is 38.1 Å². The second-order valence-electron chi connectivity index (χ2n) is 8.20. The van der Waals surface area contributed by atoms with Crippen LogP contribution in [0.1, 0.15) is 43.0 Å². The van der Waals surface area contributed by atoms with E-state index in [0.29, 0.717) is 23.4 Å². The molecule has 1 heterocycles. The first kappa shape index (κ1) is 19.2. The molecule has 7 heteroatoms. The number of benzene rings is 2. The Morgan fingerprint density at radius 3 is 2.53 bits per heavy atom. The van der Waals surface area contributed by atoms with E-state index < -0.39 is 6.61 Å². The van der Waals surface area contributed by atoms with Crippen molar-refractivity contribution in [3.8, 4) is 17.2 Å². The molecule has 5 nitrogen and oxygen atoms in total. The van der Waals surface area contributed by atoms with E-state index in [4.69, 9.17) is 4.52 Å². The molecule has 156 valence electrons. The van der Waals surface area contributed by atoms with Crippen LogP contribution in [0.2, 0.25) is 0 Å². The summed E-state index contributed by atoms with van der Waals surface area (Å²) in [6, 6.07) is 17.3. The van der Waals surface area contributed by atoms with Crippen molar-refractivity contribution >= 4 is 0 Å². The Labute approximate surface area is 173 Å². The molecule has 0 saturated heterocycles. The molecule has 2 saturated carbocycles. The molecular weight excluding hydrogens is 388 g/mol. The Hall–Kier alpha value is -2.80. The lowest BCUT2D eigenvalue weighted by Crippen LogP contribution is -2.45. The predicted molar refractivity (Wildman–Crippen MR) is 107 cm³/mol. The van der Waals surface area contributed by atoms with E-state index >= 15 is 0 Å². The highest BCUT2D eigenvalue weighted by Gasteiger charge is 2.46. The molecule has 0 spiro atoms. The minimum atomic E-state index is -2.84. The minimum absolute atomic E-state index is 0.0930. The van der Waals surface area contributed by atoms with Crippen LogP contribution >= 0.6 is 0 Å². The molecule has 2 aliphatic carbocycles. The maximum Gasteiger partial charge on any atom is 0.387 e. The molecule has 0 bridgehead atoms. The van der Waals surface area contributed by atoms with E-state index in [1.54, 1.807) is 12.1 Å². The van der Waals surface area contributed by atoms with Gasteiger partial charge in [0.2, 0.25) is 0 Å². The van der Waals surface area contributed by atoms with Gasteiger partial charge in [-0.3, -0.25) is 0 Å². The van der Waals surface area contributed by atoms with Crippen LogP contribution < -0.4 is 10.1 Å². The second-order valence-corrected chi connectivity index (χ2v) is 8.20. The topological polar surface area (TPSA) is 60.2 Å². The van der Waals surface area contributed by atoms with Gasteiger partial charge in [-0.2, -0.15) is 13.8 Å². The summed E-state index contributed by atoms with van der Waals surface area (Å²) in [6.45, 7) is -2.01. The summed E-state index contributed by atoms with van der Waals surface area (Å²) in [5.41, 5.74) is 1.98. The molecule has 2 aromatic carbocycles. The number of hydrogen-bond acceptors (Lipinski definition) is 5. The fraction of sp³-hybridized carbons (Fsp3) is 0.391. The number of hydrogen-bond donors (Lipinski definition) is 1. The lowest BCUT2D eigenvalue weighted by Gasteiger charge is -2.39. The first-order valence-electron chi connectivity index (χ1n) is 10.3. The molecule has 1 aromatic heterocycles. The van der Waals surface area contributed by atoms with E-state index in [9.17, 15) is 8.78 Å². The molecule has 0 amide bonds. The third-order valence-electron chi connectivity index (χ3n) is 6.26. The van der Waals surface area contributed by atoms with E-state index in [1.165, 1.54) is 17.7 Å². The zero-order valence-corrected chi connectivity index (χ0v) is 16.4. The number of alkyl halides is 2. The molecule has 5 rings (SSSR count). The molecule has 2 fully saturated rings. The van der Waals surface area contributed by atoms with Gasteiger partial charge >= 0.3 is 6.61 Å². The number of nitrogens with one attached hydrogen (secondary N) is 1. The van der Waals surface area contributed by atoms with Gasteiger partial charge in [-0.25, -0.2) is 0 Å². The maximum absolute atomic E-state index is 12.3. The maximum atomic E-state index is 12.3. The molecular formula is C23H23F2N3O2. The van der Waals surface area contributed by atoms with E-state index in [1.807, 2.05) is 6.07 Å².